The molecule has 0 spiro atoms. The topological polar surface area (TPSA) is 444 Å². The maximum atomic E-state index is 14.5. The number of nitrogens with one attached hydrogen (secondary N) is 9. The Bertz CT molecular complexity index is 2480. The molecule has 1 saturated heterocycles. The molecular formula is C47H69N15O12. The predicted molar refractivity (Wildman–Crippen MR) is 265 cm³/mol. The Morgan fingerprint density at radius 3 is 2.07 bits per heavy atom. The van der Waals surface area contributed by atoms with Crippen molar-refractivity contribution in [2.24, 2.45) is 28.9 Å². The number of unbranched alkanes of at least 4 members (excludes halogenated alkanes) is 1. The third-order valence-corrected chi connectivity index (χ3v) is 12.2. The fraction of sp³-hybridized carbons (Fsp3) is 0.532. The van der Waals surface area contributed by atoms with Gasteiger partial charge in [0.15, 0.2) is 0 Å². The number of para-hydroxylation sites is 1. The molecule has 10 amide bonds. The number of carboxylic acid groups (broad SMARTS) is 1. The number of benzene rings is 1. The molecule has 1 aliphatic rings. The number of likely N-dealkylation sites (tertiary alicyclic amines) is 1. The van der Waals surface area contributed by atoms with Crippen LogP contribution in [0.1, 0.15) is 83.4 Å². The highest BCUT2D eigenvalue weighted by Crippen LogP contribution is 2.23. The summed E-state index contributed by atoms with van der Waals surface area (Å²) in [5.41, 5.74) is 24.5. The number of fused-ring (bicyclic) bond motifs is 1. The predicted octanol–water partition coefficient (Wildman–Crippen LogP) is -3.95. The van der Waals surface area contributed by atoms with Gasteiger partial charge in [-0.2, -0.15) is 0 Å². The lowest BCUT2D eigenvalue weighted by Crippen LogP contribution is -2.60. The van der Waals surface area contributed by atoms with Crippen molar-refractivity contribution in [2.45, 2.75) is 133 Å². The van der Waals surface area contributed by atoms with E-state index in [1.54, 1.807) is 20.0 Å². The maximum Gasteiger partial charge on any atom is 0.303 e. The number of amides is 10. The van der Waals surface area contributed by atoms with Gasteiger partial charge in [0.1, 0.15) is 42.3 Å². The van der Waals surface area contributed by atoms with Crippen LogP contribution in [0, 0.1) is 5.92 Å². The van der Waals surface area contributed by atoms with Gasteiger partial charge in [0.05, 0.1) is 25.3 Å². The number of nitrogens with two attached hydrogens (primary N) is 4. The van der Waals surface area contributed by atoms with Crippen LogP contribution in [-0.4, -0.2) is 158 Å². The minimum absolute atomic E-state index is 0.00602. The summed E-state index contributed by atoms with van der Waals surface area (Å²) in [7, 11) is 0. The zero-order valence-electron chi connectivity index (χ0n) is 41.6. The van der Waals surface area contributed by atoms with Gasteiger partial charge in [0.2, 0.25) is 59.1 Å². The summed E-state index contributed by atoms with van der Waals surface area (Å²) in [6, 6.07) is -3.38. The molecule has 0 saturated carbocycles. The Kier molecular flexibility index (Phi) is 22.5. The van der Waals surface area contributed by atoms with Crippen molar-refractivity contribution < 1.29 is 57.8 Å². The molecule has 3 aromatic rings. The summed E-state index contributed by atoms with van der Waals surface area (Å²) >= 11 is 0. The first-order chi connectivity index (χ1) is 35.1. The number of primary amides is 2. The fourth-order valence-electron chi connectivity index (χ4n) is 8.23. The van der Waals surface area contributed by atoms with Gasteiger partial charge < -0.3 is 80.1 Å². The molecule has 27 heteroatoms. The van der Waals surface area contributed by atoms with E-state index in [9.17, 15) is 57.8 Å². The molecular weight excluding hydrogens is 967 g/mol. The normalized spacial score (nSPS) is 16.1. The number of carbonyl (C=O) groups is 11. The Balaban J connectivity index is 1.48. The van der Waals surface area contributed by atoms with Gasteiger partial charge in [-0.25, -0.2) is 4.98 Å². The van der Waals surface area contributed by atoms with Gasteiger partial charge in [0, 0.05) is 54.8 Å². The molecule has 0 aliphatic carbocycles. The lowest BCUT2D eigenvalue weighted by molar-refractivity contribution is -0.142. The highest BCUT2D eigenvalue weighted by molar-refractivity contribution is 5.99. The SMILES string of the molecule is CC(C)[C@H](NC(=O)[C@H](CCCCN)NC(=O)[C@H](CC(N)=O)NC(=O)[C@H](C)NC(=O)[C@H](CCC(=O)O)NC(=O)[C@@H]1CCCN1C(=O)[C@H](Cc1c[nH]c2ccccc12)NC(=O)[C@@H](N)Cc1cnc[nH]1)C(=O)NCC(N)=O. The third-order valence-electron chi connectivity index (χ3n) is 12.2. The number of carboxylic acids is 1. The summed E-state index contributed by atoms with van der Waals surface area (Å²) in [6.45, 7) is 4.30. The maximum absolute atomic E-state index is 14.5. The van der Waals surface area contributed by atoms with E-state index in [1.165, 1.54) is 24.3 Å². The monoisotopic (exact) mass is 1040 g/mol. The lowest BCUT2D eigenvalue weighted by atomic mass is 10.0. The van der Waals surface area contributed by atoms with Crippen LogP contribution in [0.15, 0.2) is 43.0 Å². The molecule has 2 aromatic heterocycles. The minimum Gasteiger partial charge on any atom is -0.481 e. The molecule has 1 aromatic carbocycles. The average molecular weight is 1040 g/mol. The van der Waals surface area contributed by atoms with Gasteiger partial charge in [-0.1, -0.05) is 32.0 Å². The van der Waals surface area contributed by atoms with Gasteiger partial charge in [-0.15, -0.1) is 0 Å². The Hall–Kier alpha value is -7.94. The molecule has 404 valence electrons. The zero-order valence-corrected chi connectivity index (χ0v) is 41.6. The number of aromatic nitrogens is 3. The molecule has 3 heterocycles. The van der Waals surface area contributed by atoms with E-state index in [4.69, 9.17) is 22.9 Å². The first kappa shape index (κ1) is 58.6. The average Bonchev–Trinajstić information content (AvgIpc) is 4.15. The highest BCUT2D eigenvalue weighted by atomic mass is 16.4. The second-order valence-corrected chi connectivity index (χ2v) is 18.4. The zero-order chi connectivity index (χ0) is 54.6. The van der Waals surface area contributed by atoms with E-state index >= 15 is 0 Å². The number of carbonyl (C=O) groups excluding carboxylic acids is 10. The van der Waals surface area contributed by atoms with E-state index < -0.39 is 145 Å². The van der Waals surface area contributed by atoms with Crippen molar-refractivity contribution >= 4 is 75.9 Å². The van der Waals surface area contributed by atoms with Gasteiger partial charge in [-0.05, 0) is 69.5 Å². The van der Waals surface area contributed by atoms with Crippen LogP contribution in [0.5, 0.6) is 0 Å². The summed E-state index contributed by atoms with van der Waals surface area (Å²) in [4.78, 5) is 156. The second-order valence-electron chi connectivity index (χ2n) is 18.4. The van der Waals surface area contributed by atoms with Crippen LogP contribution in [0.25, 0.3) is 10.9 Å². The van der Waals surface area contributed by atoms with Crippen molar-refractivity contribution in [3.8, 4) is 0 Å². The van der Waals surface area contributed by atoms with Gasteiger partial charge in [-0.3, -0.25) is 52.7 Å². The molecule has 18 N–H and O–H groups in total. The van der Waals surface area contributed by atoms with E-state index in [0.717, 1.165) is 10.9 Å². The van der Waals surface area contributed by atoms with Crippen LogP contribution in [0.2, 0.25) is 0 Å². The molecule has 27 nitrogen and oxygen atoms in total. The van der Waals surface area contributed by atoms with Gasteiger partial charge in [0.25, 0.3) is 0 Å². The number of aromatic amines is 2. The molecule has 0 unspecified atom stereocenters. The molecule has 0 bridgehead atoms. The molecule has 74 heavy (non-hydrogen) atoms. The highest BCUT2D eigenvalue weighted by Gasteiger charge is 2.40. The number of rotatable bonds is 30. The number of hydrogen-bond donors (Lipinski definition) is 14. The largest absolute Gasteiger partial charge is 0.481 e. The smallest absolute Gasteiger partial charge is 0.303 e. The molecule has 4 rings (SSSR count). The first-order valence-electron chi connectivity index (χ1n) is 24.3. The number of aliphatic carboxylic acids is 1. The van der Waals surface area contributed by atoms with Crippen molar-refractivity contribution in [3.63, 3.8) is 0 Å². The van der Waals surface area contributed by atoms with E-state index in [0.29, 0.717) is 30.5 Å². The summed E-state index contributed by atoms with van der Waals surface area (Å²) in [5, 5.41) is 27.7. The number of H-pyrrole nitrogens is 2. The summed E-state index contributed by atoms with van der Waals surface area (Å²) in [6.07, 6.45) is 4.18. The molecule has 1 fully saturated rings. The molecule has 1 aliphatic heterocycles. The number of nitrogens with zero attached hydrogens (tertiary/aromatic N) is 2. The third kappa shape index (κ3) is 17.7. The number of imidazole rings is 1. The van der Waals surface area contributed by atoms with Crippen molar-refractivity contribution in [1.29, 1.82) is 0 Å². The first-order valence-corrected chi connectivity index (χ1v) is 24.3. The minimum atomic E-state index is -1.70. The number of hydrogen-bond acceptors (Lipinski definition) is 14. The van der Waals surface area contributed by atoms with Crippen LogP contribution in [0.3, 0.4) is 0 Å². The van der Waals surface area contributed by atoms with Crippen molar-refractivity contribution in [3.05, 3.63) is 54.2 Å². The van der Waals surface area contributed by atoms with E-state index in [2.05, 4.69) is 52.2 Å². The second kappa shape index (κ2) is 28.3. The van der Waals surface area contributed by atoms with Crippen LogP contribution >= 0.6 is 0 Å². The van der Waals surface area contributed by atoms with Crippen molar-refractivity contribution in [1.82, 2.24) is 57.1 Å². The van der Waals surface area contributed by atoms with Crippen LogP contribution in [0.4, 0.5) is 0 Å². The Labute approximate surface area is 425 Å². The lowest BCUT2D eigenvalue weighted by Gasteiger charge is -2.30. The summed E-state index contributed by atoms with van der Waals surface area (Å²) in [5.74, 6) is -10.4. The van der Waals surface area contributed by atoms with E-state index in [-0.39, 0.29) is 38.8 Å². The van der Waals surface area contributed by atoms with E-state index in [1.807, 2.05) is 24.3 Å². The Morgan fingerprint density at radius 2 is 1.42 bits per heavy atom. The molecule has 0 radical (unpaired) electrons. The fourth-order valence-corrected chi connectivity index (χ4v) is 8.23. The van der Waals surface area contributed by atoms with Crippen molar-refractivity contribution in [2.75, 3.05) is 19.6 Å². The Morgan fingerprint density at radius 1 is 0.757 bits per heavy atom. The standard InChI is InChI=1S/C47H69N15O12/c1-24(2)39(46(73)54-22-37(51)64)61-43(70)31(11-6-7-15-48)57-44(71)33(19-36(50)63)59-40(67)25(3)56-42(69)32(13-14-38(65)66)58-45(72)35-12-8-16-62(35)47(74)34(17-26-20-53-30-10-5-4-9-28(26)30)60-41(68)29(49)18-27-21-52-23-55-27/h4-5,9-10,20-21,23-25,29,31-35,39,53H,6-8,11-19,22,48-49H2,1-3H3,(H2,50,63)(H2,51,64)(H,52,55)(H,54,73)(H,56,69)(H,57,71)(H,58,72)(H,59,67)(H,60,68)(H,61,70)(H,65,66)/t25-,29-,31-,32-,33-,34-,35-,39-/m0/s1. The quantitative estimate of drug-likeness (QED) is 0.0284. The molecule has 8 atom stereocenters. The summed E-state index contributed by atoms with van der Waals surface area (Å²) < 4.78 is 0. The van der Waals surface area contributed by atoms with Gasteiger partial charge >= 0.3 is 5.97 Å². The van der Waals surface area contributed by atoms with Crippen LogP contribution in [-0.2, 0) is 65.6 Å². The van der Waals surface area contributed by atoms with Crippen LogP contribution < -0.4 is 60.2 Å².